The van der Waals surface area contributed by atoms with Gasteiger partial charge in [0.2, 0.25) is 11.8 Å². The van der Waals surface area contributed by atoms with Crippen molar-refractivity contribution >= 4 is 28.4 Å². The Morgan fingerprint density at radius 2 is 1.78 bits per heavy atom. The number of hydrogen-bond donors (Lipinski definition) is 1. The molecule has 1 aromatic heterocycles. The van der Waals surface area contributed by atoms with Gasteiger partial charge in [0, 0.05) is 25.2 Å². The molecule has 3 aromatic rings. The van der Waals surface area contributed by atoms with Crippen LogP contribution in [0.4, 0.5) is 5.69 Å². The van der Waals surface area contributed by atoms with Crippen LogP contribution in [0.25, 0.3) is 10.9 Å². The number of benzene rings is 2. The molecule has 1 saturated carbocycles. The summed E-state index contributed by atoms with van der Waals surface area (Å²) in [7, 11) is 1.75. The highest BCUT2D eigenvalue weighted by Crippen LogP contribution is 2.48. The fourth-order valence-electron chi connectivity index (χ4n) is 3.40. The van der Waals surface area contributed by atoms with Crippen molar-refractivity contribution in [2.45, 2.75) is 19.4 Å². The Labute approximate surface area is 158 Å². The topological polar surface area (TPSA) is 62.3 Å². The van der Waals surface area contributed by atoms with Crippen LogP contribution in [-0.2, 0) is 16.1 Å². The van der Waals surface area contributed by atoms with Gasteiger partial charge in [-0.2, -0.15) is 0 Å². The van der Waals surface area contributed by atoms with Crippen molar-refractivity contribution in [3.63, 3.8) is 0 Å². The number of fused-ring (bicyclic) bond motifs is 1. The summed E-state index contributed by atoms with van der Waals surface area (Å²) >= 11 is 0. The van der Waals surface area contributed by atoms with Crippen LogP contribution in [0.1, 0.15) is 18.4 Å². The Bertz CT molecular complexity index is 991. The maximum absolute atomic E-state index is 13.0. The molecular weight excluding hydrogens is 338 g/mol. The van der Waals surface area contributed by atoms with Crippen molar-refractivity contribution in [2.24, 2.45) is 5.41 Å². The number of amides is 2. The Hall–Kier alpha value is -3.21. The summed E-state index contributed by atoms with van der Waals surface area (Å²) in [6.07, 6.45) is 2.85. The van der Waals surface area contributed by atoms with Gasteiger partial charge in [0.15, 0.2) is 0 Å². The first-order valence-corrected chi connectivity index (χ1v) is 9.05. The van der Waals surface area contributed by atoms with E-state index < -0.39 is 5.41 Å². The van der Waals surface area contributed by atoms with Crippen LogP contribution < -0.4 is 5.32 Å². The minimum atomic E-state index is -0.958. The van der Waals surface area contributed by atoms with E-state index in [0.29, 0.717) is 25.1 Å². The molecule has 0 saturated heterocycles. The molecule has 0 unspecified atom stereocenters. The first kappa shape index (κ1) is 17.2. The second kappa shape index (κ2) is 6.83. The van der Waals surface area contributed by atoms with Gasteiger partial charge in [0.1, 0.15) is 5.41 Å². The van der Waals surface area contributed by atoms with Crippen LogP contribution in [-0.4, -0.2) is 28.7 Å². The second-order valence-electron chi connectivity index (χ2n) is 7.06. The lowest BCUT2D eigenvalue weighted by Gasteiger charge is -2.23. The van der Waals surface area contributed by atoms with E-state index in [1.54, 1.807) is 18.1 Å². The fourth-order valence-corrected chi connectivity index (χ4v) is 3.40. The summed E-state index contributed by atoms with van der Waals surface area (Å²) in [6.45, 7) is 0.491. The minimum absolute atomic E-state index is 0.128. The molecule has 2 amide bonds. The van der Waals surface area contributed by atoms with Crippen LogP contribution in [0, 0.1) is 5.41 Å². The van der Waals surface area contributed by atoms with Crippen LogP contribution in [0.5, 0.6) is 0 Å². The van der Waals surface area contributed by atoms with Crippen LogP contribution in [0.2, 0.25) is 0 Å². The average molecular weight is 359 g/mol. The molecule has 136 valence electrons. The summed E-state index contributed by atoms with van der Waals surface area (Å²) in [5, 5.41) is 3.89. The lowest BCUT2D eigenvalue weighted by molar-refractivity contribution is -0.141. The summed E-state index contributed by atoms with van der Waals surface area (Å²) in [5.74, 6) is -0.373. The number of rotatable bonds is 5. The van der Waals surface area contributed by atoms with Gasteiger partial charge in [0.25, 0.3) is 0 Å². The maximum atomic E-state index is 13.0. The fraction of sp³-hybridized carbons (Fsp3) is 0.227. The first-order valence-electron chi connectivity index (χ1n) is 9.05. The molecule has 0 radical (unpaired) electrons. The Balaban J connectivity index is 1.51. The molecule has 4 rings (SSSR count). The van der Waals surface area contributed by atoms with Crippen molar-refractivity contribution < 1.29 is 9.59 Å². The smallest absolute Gasteiger partial charge is 0.240 e. The Morgan fingerprint density at radius 3 is 2.52 bits per heavy atom. The maximum Gasteiger partial charge on any atom is 0.240 e. The van der Waals surface area contributed by atoms with E-state index >= 15 is 0 Å². The zero-order chi connectivity index (χ0) is 18.9. The van der Waals surface area contributed by atoms with E-state index in [4.69, 9.17) is 0 Å². The number of nitrogens with one attached hydrogen (secondary N) is 1. The van der Waals surface area contributed by atoms with Gasteiger partial charge in [0.05, 0.1) is 11.2 Å². The number of pyridine rings is 1. The number of hydrogen-bond acceptors (Lipinski definition) is 3. The second-order valence-corrected chi connectivity index (χ2v) is 7.06. The molecule has 0 spiro atoms. The van der Waals surface area contributed by atoms with Gasteiger partial charge in [-0.3, -0.25) is 14.6 Å². The third-order valence-electron chi connectivity index (χ3n) is 5.08. The third-order valence-corrected chi connectivity index (χ3v) is 5.08. The van der Waals surface area contributed by atoms with Crippen molar-refractivity contribution in [1.82, 2.24) is 9.88 Å². The number of anilines is 1. The summed E-state index contributed by atoms with van der Waals surface area (Å²) in [5.41, 5.74) is 1.46. The molecule has 5 nitrogen and oxygen atoms in total. The van der Waals surface area contributed by atoms with E-state index in [2.05, 4.69) is 10.3 Å². The van der Waals surface area contributed by atoms with E-state index in [1.165, 1.54) is 0 Å². The molecule has 1 aliphatic carbocycles. The molecular formula is C22H21N3O2. The lowest BCUT2D eigenvalue weighted by Crippen LogP contribution is -2.40. The lowest BCUT2D eigenvalue weighted by atomic mass is 10.0. The summed E-state index contributed by atoms with van der Waals surface area (Å²) in [4.78, 5) is 31.9. The van der Waals surface area contributed by atoms with Gasteiger partial charge >= 0.3 is 0 Å². The molecule has 27 heavy (non-hydrogen) atoms. The van der Waals surface area contributed by atoms with E-state index in [0.717, 1.165) is 16.5 Å². The zero-order valence-electron chi connectivity index (χ0n) is 15.2. The quantitative estimate of drug-likeness (QED) is 0.708. The first-order chi connectivity index (χ1) is 13.1. The van der Waals surface area contributed by atoms with Crippen LogP contribution in [0.3, 0.4) is 0 Å². The molecule has 1 aliphatic rings. The standard InChI is InChI=1S/C22H21N3O2/c1-25(15-16-7-3-2-4-8-16)21(27)22(12-13-22)20(26)24-18-11-5-9-17-10-6-14-23-19(17)18/h2-11,14H,12-13,15H2,1H3,(H,24,26). The number of para-hydroxylation sites is 1. The molecule has 0 atom stereocenters. The highest BCUT2D eigenvalue weighted by molar-refractivity contribution is 6.14. The minimum Gasteiger partial charge on any atom is -0.340 e. The zero-order valence-corrected chi connectivity index (χ0v) is 15.2. The molecule has 1 heterocycles. The number of carbonyl (C=O) groups is 2. The van der Waals surface area contributed by atoms with Gasteiger partial charge in [-0.1, -0.05) is 48.5 Å². The van der Waals surface area contributed by atoms with E-state index in [1.807, 2.05) is 60.7 Å². The molecule has 5 heteroatoms. The number of carbonyl (C=O) groups excluding carboxylic acids is 2. The van der Waals surface area contributed by atoms with Crippen LogP contribution >= 0.6 is 0 Å². The van der Waals surface area contributed by atoms with Gasteiger partial charge in [-0.25, -0.2) is 0 Å². The Kier molecular flexibility index (Phi) is 4.36. The monoisotopic (exact) mass is 359 g/mol. The third kappa shape index (κ3) is 3.28. The summed E-state index contributed by atoms with van der Waals surface area (Å²) in [6, 6.07) is 19.2. The largest absolute Gasteiger partial charge is 0.340 e. The molecule has 2 aromatic carbocycles. The summed E-state index contributed by atoms with van der Waals surface area (Å²) < 4.78 is 0. The number of nitrogens with zero attached hydrogens (tertiary/aromatic N) is 2. The van der Waals surface area contributed by atoms with E-state index in [-0.39, 0.29) is 11.8 Å². The predicted molar refractivity (Wildman–Crippen MR) is 105 cm³/mol. The average Bonchev–Trinajstić information content (AvgIpc) is 3.50. The van der Waals surface area contributed by atoms with Crippen molar-refractivity contribution in [1.29, 1.82) is 0 Å². The highest BCUT2D eigenvalue weighted by atomic mass is 16.2. The van der Waals surface area contributed by atoms with Crippen molar-refractivity contribution in [3.8, 4) is 0 Å². The number of aromatic nitrogens is 1. The van der Waals surface area contributed by atoms with Crippen molar-refractivity contribution in [2.75, 3.05) is 12.4 Å². The predicted octanol–water partition coefficient (Wildman–Crippen LogP) is 3.61. The van der Waals surface area contributed by atoms with Gasteiger partial charge < -0.3 is 10.2 Å². The van der Waals surface area contributed by atoms with Crippen LogP contribution in [0.15, 0.2) is 66.9 Å². The van der Waals surface area contributed by atoms with Gasteiger partial charge in [-0.15, -0.1) is 0 Å². The van der Waals surface area contributed by atoms with Crippen molar-refractivity contribution in [3.05, 3.63) is 72.4 Å². The SMILES string of the molecule is CN(Cc1ccccc1)C(=O)C1(C(=O)Nc2cccc3cccnc23)CC1. The van der Waals surface area contributed by atoms with E-state index in [9.17, 15) is 9.59 Å². The van der Waals surface area contributed by atoms with Gasteiger partial charge in [-0.05, 0) is 30.5 Å². The molecule has 0 bridgehead atoms. The molecule has 1 N–H and O–H groups in total. The normalized spacial score (nSPS) is 14.6. The molecule has 1 fully saturated rings. The highest BCUT2D eigenvalue weighted by Gasteiger charge is 2.57. The Morgan fingerprint density at radius 1 is 1.04 bits per heavy atom. The molecule has 0 aliphatic heterocycles.